The van der Waals surface area contributed by atoms with Gasteiger partial charge in [-0.1, -0.05) is 0 Å². The Bertz CT molecular complexity index is 853. The number of sulfonamides is 1. The van der Waals surface area contributed by atoms with E-state index in [2.05, 4.69) is 0 Å². The highest BCUT2D eigenvalue weighted by molar-refractivity contribution is 7.89. The Hall–Kier alpha value is -2.40. The number of carboxylic acid groups (broad SMARTS) is 1. The molecule has 2 heterocycles. The molecule has 1 aromatic carbocycles. The minimum Gasteiger partial charge on any atom is -0.486 e. The summed E-state index contributed by atoms with van der Waals surface area (Å²) in [6, 6.07) is 1.29. The fourth-order valence-corrected chi connectivity index (χ4v) is 5.18. The van der Waals surface area contributed by atoms with E-state index in [4.69, 9.17) is 9.47 Å². The molecule has 2 atom stereocenters. The number of fused-ring (bicyclic) bond motifs is 1. The number of ether oxygens (including phenoxy) is 2. The van der Waals surface area contributed by atoms with Gasteiger partial charge in [-0.05, 0) is 19.8 Å². The highest BCUT2D eigenvalue weighted by Gasteiger charge is 2.42. The summed E-state index contributed by atoms with van der Waals surface area (Å²) < 4.78 is 37.9. The van der Waals surface area contributed by atoms with Crippen LogP contribution in [-0.2, 0) is 14.8 Å². The number of nitrogens with zero attached hydrogens (tertiary/aromatic N) is 2. The molecule has 1 aromatic rings. The van der Waals surface area contributed by atoms with Crippen LogP contribution in [-0.4, -0.2) is 54.5 Å². The zero-order chi connectivity index (χ0) is 19.1. The first kappa shape index (κ1) is 18.4. The van der Waals surface area contributed by atoms with Crippen molar-refractivity contribution in [1.82, 2.24) is 4.31 Å². The number of aliphatic carboxylic acids is 1. The Labute approximate surface area is 149 Å². The van der Waals surface area contributed by atoms with E-state index in [1.165, 1.54) is 6.92 Å². The number of rotatable bonds is 4. The van der Waals surface area contributed by atoms with Crippen molar-refractivity contribution in [3.63, 3.8) is 0 Å². The van der Waals surface area contributed by atoms with Crippen molar-refractivity contribution in [3.8, 4) is 11.5 Å². The number of carboxylic acids is 1. The fourth-order valence-electron chi connectivity index (χ4n) is 3.32. The normalized spacial score (nSPS) is 23.4. The molecule has 1 N–H and O–H groups in total. The number of nitro groups is 1. The van der Waals surface area contributed by atoms with E-state index in [1.54, 1.807) is 0 Å². The van der Waals surface area contributed by atoms with Crippen LogP contribution in [0.1, 0.15) is 19.8 Å². The largest absolute Gasteiger partial charge is 0.486 e. The Morgan fingerprint density at radius 2 is 1.92 bits per heavy atom. The molecule has 0 saturated carbocycles. The first-order chi connectivity index (χ1) is 12.2. The van der Waals surface area contributed by atoms with Crippen LogP contribution >= 0.6 is 0 Å². The maximum Gasteiger partial charge on any atom is 0.308 e. The lowest BCUT2D eigenvalue weighted by Crippen LogP contribution is -2.49. The monoisotopic (exact) mass is 386 g/mol. The van der Waals surface area contributed by atoms with Gasteiger partial charge in [-0.2, -0.15) is 4.31 Å². The van der Waals surface area contributed by atoms with Gasteiger partial charge in [-0.15, -0.1) is 0 Å². The Morgan fingerprint density at radius 1 is 1.31 bits per heavy atom. The predicted molar refractivity (Wildman–Crippen MR) is 87.8 cm³/mol. The van der Waals surface area contributed by atoms with Crippen molar-refractivity contribution in [3.05, 3.63) is 22.2 Å². The highest BCUT2D eigenvalue weighted by Crippen LogP contribution is 2.41. The van der Waals surface area contributed by atoms with Crippen LogP contribution in [0, 0.1) is 16.0 Å². The van der Waals surface area contributed by atoms with Crippen LogP contribution in [0.5, 0.6) is 11.5 Å². The highest BCUT2D eigenvalue weighted by atomic mass is 32.2. The zero-order valence-corrected chi connectivity index (χ0v) is 14.8. The molecule has 2 aliphatic heterocycles. The van der Waals surface area contributed by atoms with E-state index in [-0.39, 0.29) is 31.3 Å². The molecule has 0 amide bonds. The molecule has 0 spiro atoms. The number of hydrogen-bond donors (Lipinski definition) is 1. The van der Waals surface area contributed by atoms with Crippen LogP contribution in [0.4, 0.5) is 5.69 Å². The standard InChI is InChI=1S/C15H18N2O8S/c1-9-10(15(18)19)3-2-4-16(9)26(22,23)14-8-13-12(24-5-6-25-13)7-11(14)17(20)21/h7-10H,2-6H2,1H3,(H,18,19)/t9-,10-/m1/s1. The minimum absolute atomic E-state index is 0.0961. The molecule has 0 unspecified atom stereocenters. The molecule has 3 rings (SSSR count). The van der Waals surface area contributed by atoms with Crippen LogP contribution in [0.15, 0.2) is 17.0 Å². The van der Waals surface area contributed by atoms with Gasteiger partial charge in [-0.25, -0.2) is 8.42 Å². The van der Waals surface area contributed by atoms with Gasteiger partial charge in [0.2, 0.25) is 10.0 Å². The van der Waals surface area contributed by atoms with E-state index in [1.807, 2.05) is 0 Å². The smallest absolute Gasteiger partial charge is 0.308 e. The van der Waals surface area contributed by atoms with Crippen molar-refractivity contribution in [2.75, 3.05) is 19.8 Å². The summed E-state index contributed by atoms with van der Waals surface area (Å²) in [6.07, 6.45) is 0.713. The summed E-state index contributed by atoms with van der Waals surface area (Å²) in [5.41, 5.74) is -0.626. The Kier molecular flexibility index (Phi) is 4.76. The third kappa shape index (κ3) is 3.07. The molecule has 10 nitrogen and oxygen atoms in total. The molecular formula is C15H18N2O8S. The molecule has 1 saturated heterocycles. The Morgan fingerprint density at radius 3 is 2.50 bits per heavy atom. The van der Waals surface area contributed by atoms with Gasteiger partial charge in [0.15, 0.2) is 16.4 Å². The summed E-state index contributed by atoms with van der Waals surface area (Å²) >= 11 is 0. The average Bonchev–Trinajstić information content (AvgIpc) is 2.60. The first-order valence-corrected chi connectivity index (χ1v) is 9.50. The number of piperidine rings is 1. The van der Waals surface area contributed by atoms with Gasteiger partial charge in [0, 0.05) is 18.7 Å². The number of nitro benzene ring substituents is 1. The first-order valence-electron chi connectivity index (χ1n) is 8.06. The van der Waals surface area contributed by atoms with E-state index in [0.29, 0.717) is 12.8 Å². The van der Waals surface area contributed by atoms with Crippen molar-refractivity contribution in [2.45, 2.75) is 30.7 Å². The predicted octanol–water partition coefficient (Wildman–Crippen LogP) is 1.24. The second-order valence-corrected chi connectivity index (χ2v) is 8.02. The minimum atomic E-state index is -4.29. The maximum atomic E-state index is 13.1. The van der Waals surface area contributed by atoms with Crippen molar-refractivity contribution >= 4 is 21.7 Å². The van der Waals surface area contributed by atoms with Gasteiger partial charge < -0.3 is 14.6 Å². The van der Waals surface area contributed by atoms with Crippen molar-refractivity contribution in [2.24, 2.45) is 5.92 Å². The fraction of sp³-hybridized carbons (Fsp3) is 0.533. The summed E-state index contributed by atoms with van der Waals surface area (Å²) in [6.45, 7) is 2.00. The van der Waals surface area contributed by atoms with Crippen LogP contribution in [0.25, 0.3) is 0 Å². The summed E-state index contributed by atoms with van der Waals surface area (Å²) in [4.78, 5) is 21.5. The molecular weight excluding hydrogens is 368 g/mol. The van der Waals surface area contributed by atoms with Gasteiger partial charge in [0.05, 0.1) is 16.9 Å². The van der Waals surface area contributed by atoms with E-state index < -0.39 is 43.5 Å². The zero-order valence-electron chi connectivity index (χ0n) is 14.0. The quantitative estimate of drug-likeness (QED) is 0.603. The SMILES string of the molecule is C[C@@H]1[C@H](C(=O)O)CCCN1S(=O)(=O)c1cc2c(cc1[N+](=O)[O-])OCCO2. The summed E-state index contributed by atoms with van der Waals surface area (Å²) in [7, 11) is -4.29. The second-order valence-electron chi connectivity index (χ2n) is 6.16. The maximum absolute atomic E-state index is 13.1. The third-order valence-electron chi connectivity index (χ3n) is 4.65. The third-order valence-corrected chi connectivity index (χ3v) is 6.67. The van der Waals surface area contributed by atoms with E-state index >= 15 is 0 Å². The molecule has 0 bridgehead atoms. The molecule has 1 fully saturated rings. The van der Waals surface area contributed by atoms with Crippen molar-refractivity contribution in [1.29, 1.82) is 0 Å². The molecule has 2 aliphatic rings. The Balaban J connectivity index is 2.09. The molecule has 0 aromatic heterocycles. The van der Waals surface area contributed by atoms with Gasteiger partial charge >= 0.3 is 5.97 Å². The van der Waals surface area contributed by atoms with Crippen LogP contribution < -0.4 is 9.47 Å². The number of hydrogen-bond acceptors (Lipinski definition) is 7. The van der Waals surface area contributed by atoms with Crippen LogP contribution in [0.3, 0.4) is 0 Å². The lowest BCUT2D eigenvalue weighted by Gasteiger charge is -2.36. The number of carbonyl (C=O) groups is 1. The second kappa shape index (κ2) is 6.72. The molecule has 26 heavy (non-hydrogen) atoms. The molecule has 11 heteroatoms. The molecule has 142 valence electrons. The average molecular weight is 386 g/mol. The number of benzene rings is 1. The van der Waals surface area contributed by atoms with Crippen molar-refractivity contribution < 1.29 is 32.7 Å². The van der Waals surface area contributed by atoms with Gasteiger partial charge in [0.1, 0.15) is 13.2 Å². The summed E-state index contributed by atoms with van der Waals surface area (Å²) in [5, 5.41) is 20.7. The van der Waals surface area contributed by atoms with Gasteiger partial charge in [-0.3, -0.25) is 14.9 Å². The van der Waals surface area contributed by atoms with Crippen LogP contribution in [0.2, 0.25) is 0 Å². The van der Waals surface area contributed by atoms with E-state index in [9.17, 15) is 28.4 Å². The van der Waals surface area contributed by atoms with E-state index in [0.717, 1.165) is 16.4 Å². The van der Waals surface area contributed by atoms with Gasteiger partial charge in [0.25, 0.3) is 5.69 Å². The topological polar surface area (TPSA) is 136 Å². The summed E-state index contributed by atoms with van der Waals surface area (Å²) in [5.74, 6) is -1.74. The molecule has 0 aliphatic carbocycles. The lowest BCUT2D eigenvalue weighted by molar-refractivity contribution is -0.388. The molecule has 0 radical (unpaired) electrons. The lowest BCUT2D eigenvalue weighted by atomic mass is 9.92.